The molecule has 0 bridgehead atoms. The number of carbonyl (C=O) groups is 2. The SMILES string of the molecule is CCCCCCCCCCCOC(=O)CCCCCC(=O)OC(C)CC(C)C. The zero-order chi connectivity index (χ0) is 21.0. The molecular weight excluding hydrogens is 352 g/mol. The second-order valence-electron chi connectivity index (χ2n) is 8.54. The summed E-state index contributed by atoms with van der Waals surface area (Å²) in [5, 5.41) is 0. The lowest BCUT2D eigenvalue weighted by molar-refractivity contribution is -0.149. The molecule has 0 rings (SSSR count). The van der Waals surface area contributed by atoms with Crippen LogP contribution in [0.25, 0.3) is 0 Å². The lowest BCUT2D eigenvalue weighted by atomic mass is 10.1. The maximum absolute atomic E-state index is 11.7. The fourth-order valence-corrected chi connectivity index (χ4v) is 3.38. The van der Waals surface area contributed by atoms with Crippen molar-refractivity contribution in [3.8, 4) is 0 Å². The van der Waals surface area contributed by atoms with Gasteiger partial charge in [0.2, 0.25) is 0 Å². The van der Waals surface area contributed by atoms with Crippen LogP contribution in [-0.2, 0) is 19.1 Å². The molecule has 0 aromatic rings. The van der Waals surface area contributed by atoms with E-state index >= 15 is 0 Å². The van der Waals surface area contributed by atoms with Crippen molar-refractivity contribution in [2.24, 2.45) is 5.92 Å². The van der Waals surface area contributed by atoms with E-state index in [1.165, 1.54) is 44.9 Å². The fraction of sp³-hybridized carbons (Fsp3) is 0.917. The van der Waals surface area contributed by atoms with E-state index in [2.05, 4.69) is 20.8 Å². The maximum atomic E-state index is 11.7. The third kappa shape index (κ3) is 19.7. The number of unbranched alkanes of at least 4 members (excludes halogenated alkanes) is 10. The van der Waals surface area contributed by atoms with Crippen molar-refractivity contribution in [1.82, 2.24) is 0 Å². The van der Waals surface area contributed by atoms with Crippen LogP contribution in [0.4, 0.5) is 0 Å². The zero-order valence-electron chi connectivity index (χ0n) is 19.1. The first-order valence-corrected chi connectivity index (χ1v) is 11.8. The lowest BCUT2D eigenvalue weighted by Crippen LogP contribution is -2.16. The Balaban J connectivity index is 3.38. The van der Waals surface area contributed by atoms with Crippen LogP contribution >= 0.6 is 0 Å². The van der Waals surface area contributed by atoms with Crippen LogP contribution < -0.4 is 0 Å². The summed E-state index contributed by atoms with van der Waals surface area (Å²) >= 11 is 0. The maximum Gasteiger partial charge on any atom is 0.306 e. The number of esters is 2. The molecule has 0 amide bonds. The molecule has 28 heavy (non-hydrogen) atoms. The lowest BCUT2D eigenvalue weighted by Gasteiger charge is -2.15. The van der Waals surface area contributed by atoms with Gasteiger partial charge in [-0.15, -0.1) is 0 Å². The summed E-state index contributed by atoms with van der Waals surface area (Å²) in [7, 11) is 0. The van der Waals surface area contributed by atoms with Gasteiger partial charge in [0.25, 0.3) is 0 Å². The Labute approximate surface area is 174 Å². The van der Waals surface area contributed by atoms with Crippen molar-refractivity contribution in [3.63, 3.8) is 0 Å². The average molecular weight is 399 g/mol. The molecule has 0 saturated heterocycles. The Bertz CT molecular complexity index is 379. The van der Waals surface area contributed by atoms with Gasteiger partial charge in [0.1, 0.15) is 0 Å². The van der Waals surface area contributed by atoms with Gasteiger partial charge in [0.15, 0.2) is 0 Å². The summed E-state index contributed by atoms with van der Waals surface area (Å²) in [6.45, 7) is 8.99. The quantitative estimate of drug-likeness (QED) is 0.174. The summed E-state index contributed by atoms with van der Waals surface area (Å²) in [6.07, 6.45) is 15.6. The van der Waals surface area contributed by atoms with E-state index in [9.17, 15) is 9.59 Å². The molecule has 0 radical (unpaired) electrons. The van der Waals surface area contributed by atoms with Gasteiger partial charge < -0.3 is 9.47 Å². The largest absolute Gasteiger partial charge is 0.466 e. The van der Waals surface area contributed by atoms with Crippen molar-refractivity contribution in [3.05, 3.63) is 0 Å². The topological polar surface area (TPSA) is 52.6 Å². The van der Waals surface area contributed by atoms with Crippen molar-refractivity contribution in [2.75, 3.05) is 6.61 Å². The minimum absolute atomic E-state index is 0.0106. The Morgan fingerprint density at radius 3 is 1.75 bits per heavy atom. The Kier molecular flexibility index (Phi) is 18.5. The highest BCUT2D eigenvalue weighted by Crippen LogP contribution is 2.12. The molecule has 166 valence electrons. The first-order valence-electron chi connectivity index (χ1n) is 11.8. The summed E-state index contributed by atoms with van der Waals surface area (Å²) in [6, 6.07) is 0. The number of carbonyl (C=O) groups excluding carboxylic acids is 2. The average Bonchev–Trinajstić information content (AvgIpc) is 2.62. The molecule has 4 nitrogen and oxygen atoms in total. The number of ether oxygens (including phenoxy) is 2. The molecule has 0 heterocycles. The van der Waals surface area contributed by atoms with E-state index in [1.807, 2.05) is 6.92 Å². The monoisotopic (exact) mass is 398 g/mol. The van der Waals surface area contributed by atoms with Gasteiger partial charge in [-0.05, 0) is 38.5 Å². The Morgan fingerprint density at radius 2 is 1.18 bits per heavy atom. The minimum atomic E-state index is -0.124. The Hall–Kier alpha value is -1.06. The van der Waals surface area contributed by atoms with E-state index in [4.69, 9.17) is 9.47 Å². The van der Waals surface area contributed by atoms with Gasteiger partial charge in [0, 0.05) is 12.8 Å². The second-order valence-corrected chi connectivity index (χ2v) is 8.54. The van der Waals surface area contributed by atoms with Crippen molar-refractivity contribution in [1.29, 1.82) is 0 Å². The van der Waals surface area contributed by atoms with E-state index in [0.29, 0.717) is 25.4 Å². The van der Waals surface area contributed by atoms with Crippen LogP contribution in [0.1, 0.15) is 124 Å². The molecule has 0 saturated carbocycles. The van der Waals surface area contributed by atoms with E-state index in [0.717, 1.165) is 38.5 Å². The second kappa shape index (κ2) is 19.3. The van der Waals surface area contributed by atoms with Gasteiger partial charge in [-0.3, -0.25) is 9.59 Å². The van der Waals surface area contributed by atoms with Gasteiger partial charge in [-0.2, -0.15) is 0 Å². The molecule has 0 aliphatic carbocycles. The molecule has 0 fully saturated rings. The van der Waals surface area contributed by atoms with Crippen molar-refractivity contribution < 1.29 is 19.1 Å². The minimum Gasteiger partial charge on any atom is -0.466 e. The van der Waals surface area contributed by atoms with Crippen LogP contribution in [0, 0.1) is 5.92 Å². The van der Waals surface area contributed by atoms with Crippen molar-refractivity contribution >= 4 is 11.9 Å². The molecule has 0 aliphatic heterocycles. The first-order chi connectivity index (χ1) is 13.5. The predicted octanol–water partition coefficient (Wildman–Crippen LogP) is 6.99. The number of hydrogen-bond donors (Lipinski definition) is 0. The third-order valence-electron chi connectivity index (χ3n) is 4.91. The molecule has 0 spiro atoms. The van der Waals surface area contributed by atoms with Gasteiger partial charge in [0.05, 0.1) is 12.7 Å². The summed E-state index contributed by atoms with van der Waals surface area (Å²) < 4.78 is 10.7. The molecular formula is C24H46O4. The van der Waals surface area contributed by atoms with Crippen LogP contribution in [0.15, 0.2) is 0 Å². The standard InChI is InChI=1S/C24H46O4/c1-5-6-7-8-9-10-11-12-16-19-27-23(25)17-14-13-15-18-24(26)28-22(4)20-21(2)3/h21-22H,5-20H2,1-4H3. The molecule has 0 aliphatic rings. The molecule has 1 atom stereocenters. The smallest absolute Gasteiger partial charge is 0.306 e. The molecule has 1 unspecified atom stereocenters. The first kappa shape index (κ1) is 26.9. The van der Waals surface area contributed by atoms with Gasteiger partial charge in [-0.1, -0.05) is 78.6 Å². The summed E-state index contributed by atoms with van der Waals surface area (Å²) in [4.78, 5) is 23.4. The third-order valence-corrected chi connectivity index (χ3v) is 4.91. The van der Waals surface area contributed by atoms with Gasteiger partial charge in [-0.25, -0.2) is 0 Å². The Morgan fingerprint density at radius 1 is 0.679 bits per heavy atom. The van der Waals surface area contributed by atoms with E-state index < -0.39 is 0 Å². The van der Waals surface area contributed by atoms with E-state index in [1.54, 1.807) is 0 Å². The fourth-order valence-electron chi connectivity index (χ4n) is 3.38. The van der Waals surface area contributed by atoms with Gasteiger partial charge >= 0.3 is 11.9 Å². The zero-order valence-corrected chi connectivity index (χ0v) is 19.1. The van der Waals surface area contributed by atoms with Crippen LogP contribution in [0.3, 0.4) is 0 Å². The van der Waals surface area contributed by atoms with Crippen LogP contribution in [0.2, 0.25) is 0 Å². The molecule has 0 aromatic heterocycles. The summed E-state index contributed by atoms with van der Waals surface area (Å²) in [5.41, 5.74) is 0. The highest BCUT2D eigenvalue weighted by molar-refractivity contribution is 5.70. The number of hydrogen-bond acceptors (Lipinski definition) is 4. The predicted molar refractivity (Wildman–Crippen MR) is 116 cm³/mol. The van der Waals surface area contributed by atoms with Crippen LogP contribution in [-0.4, -0.2) is 24.6 Å². The molecule has 0 aromatic carbocycles. The molecule has 0 N–H and O–H groups in total. The van der Waals surface area contributed by atoms with Crippen LogP contribution in [0.5, 0.6) is 0 Å². The highest BCUT2D eigenvalue weighted by atomic mass is 16.5. The highest BCUT2D eigenvalue weighted by Gasteiger charge is 2.11. The van der Waals surface area contributed by atoms with E-state index in [-0.39, 0.29) is 18.0 Å². The molecule has 4 heteroatoms. The number of rotatable bonds is 19. The van der Waals surface area contributed by atoms with Crippen molar-refractivity contribution in [2.45, 2.75) is 130 Å². The normalized spacial score (nSPS) is 12.2. The summed E-state index contributed by atoms with van der Waals surface area (Å²) in [5.74, 6) is 0.304.